The van der Waals surface area contributed by atoms with Crippen molar-refractivity contribution in [2.24, 2.45) is 11.8 Å². The van der Waals surface area contributed by atoms with E-state index in [2.05, 4.69) is 45.0 Å². The minimum atomic E-state index is 0.321. The summed E-state index contributed by atoms with van der Waals surface area (Å²) in [5, 5.41) is 9.35. The lowest BCUT2D eigenvalue weighted by molar-refractivity contribution is 0.178. The second-order valence-electron chi connectivity index (χ2n) is 6.99. The molecule has 1 aromatic carbocycles. The van der Waals surface area contributed by atoms with Crippen LogP contribution in [0, 0.1) is 11.8 Å². The summed E-state index contributed by atoms with van der Waals surface area (Å²) < 4.78 is 5.78. The Morgan fingerprint density at radius 2 is 1.70 bits per heavy atom. The third-order valence-corrected chi connectivity index (χ3v) is 4.66. The zero-order valence-corrected chi connectivity index (χ0v) is 15.4. The highest BCUT2D eigenvalue weighted by molar-refractivity contribution is 5.27. The molecule has 0 heterocycles. The minimum absolute atomic E-state index is 0.321. The lowest BCUT2D eigenvalue weighted by Crippen LogP contribution is -2.13. The van der Waals surface area contributed by atoms with E-state index in [0.29, 0.717) is 18.4 Å². The van der Waals surface area contributed by atoms with Gasteiger partial charge in [-0.3, -0.25) is 0 Å². The Bertz CT molecular complexity index is 383. The fourth-order valence-corrected chi connectivity index (χ4v) is 2.84. The zero-order chi connectivity index (χ0) is 16.9. The monoisotopic (exact) mass is 320 g/mol. The lowest BCUT2D eigenvalue weighted by Gasteiger charge is -2.17. The van der Waals surface area contributed by atoms with E-state index in [9.17, 15) is 5.11 Å². The lowest BCUT2D eigenvalue weighted by atomic mass is 9.91. The first-order chi connectivity index (χ1) is 11.2. The minimum Gasteiger partial charge on any atom is -0.494 e. The van der Waals surface area contributed by atoms with E-state index in [1.54, 1.807) is 0 Å². The number of hydrogen-bond donors (Lipinski definition) is 1. The predicted molar refractivity (Wildman–Crippen MR) is 99.0 cm³/mol. The van der Waals surface area contributed by atoms with E-state index < -0.39 is 0 Å². The first-order valence-corrected chi connectivity index (χ1v) is 9.50. The average Bonchev–Trinajstić information content (AvgIpc) is 2.55. The van der Waals surface area contributed by atoms with Gasteiger partial charge < -0.3 is 9.84 Å². The first-order valence-electron chi connectivity index (χ1n) is 9.50. The smallest absolute Gasteiger partial charge is 0.119 e. The topological polar surface area (TPSA) is 29.5 Å². The van der Waals surface area contributed by atoms with Crippen LogP contribution in [-0.4, -0.2) is 18.3 Å². The van der Waals surface area contributed by atoms with Gasteiger partial charge in [0.25, 0.3) is 0 Å². The second-order valence-corrected chi connectivity index (χ2v) is 6.99. The number of aliphatic hydroxyl groups excluding tert-OH is 1. The van der Waals surface area contributed by atoms with Crippen molar-refractivity contribution in [1.82, 2.24) is 0 Å². The van der Waals surface area contributed by atoms with Crippen LogP contribution >= 0.6 is 0 Å². The highest BCUT2D eigenvalue weighted by Gasteiger charge is 2.11. The molecule has 1 rings (SSSR count). The van der Waals surface area contributed by atoms with E-state index in [0.717, 1.165) is 31.6 Å². The van der Waals surface area contributed by atoms with Gasteiger partial charge in [-0.05, 0) is 55.2 Å². The molecule has 2 heteroatoms. The van der Waals surface area contributed by atoms with Crippen LogP contribution < -0.4 is 4.74 Å². The van der Waals surface area contributed by atoms with Gasteiger partial charge in [-0.2, -0.15) is 0 Å². The molecule has 0 saturated heterocycles. The van der Waals surface area contributed by atoms with E-state index >= 15 is 0 Å². The molecule has 0 aliphatic heterocycles. The molecule has 0 aromatic heterocycles. The van der Waals surface area contributed by atoms with Crippen LogP contribution in [0.4, 0.5) is 0 Å². The maximum absolute atomic E-state index is 9.35. The number of ether oxygens (including phenoxy) is 1. The van der Waals surface area contributed by atoms with Gasteiger partial charge >= 0.3 is 0 Å². The number of benzene rings is 1. The molecule has 132 valence electrons. The normalized spacial score (nSPS) is 12.6. The Morgan fingerprint density at radius 3 is 2.30 bits per heavy atom. The van der Waals surface area contributed by atoms with Crippen LogP contribution in [-0.2, 0) is 6.42 Å². The SMILES string of the molecule is CCCCCCOc1ccc(CCCCC(CO)C(C)C)cc1. The largest absolute Gasteiger partial charge is 0.494 e. The summed E-state index contributed by atoms with van der Waals surface area (Å²) in [5.41, 5.74) is 1.38. The summed E-state index contributed by atoms with van der Waals surface area (Å²) in [6.07, 6.45) is 9.62. The van der Waals surface area contributed by atoms with Crippen molar-refractivity contribution < 1.29 is 9.84 Å². The van der Waals surface area contributed by atoms with Crippen molar-refractivity contribution in [3.05, 3.63) is 29.8 Å². The molecule has 0 radical (unpaired) electrons. The highest BCUT2D eigenvalue weighted by atomic mass is 16.5. The van der Waals surface area contributed by atoms with Crippen LogP contribution in [0.15, 0.2) is 24.3 Å². The van der Waals surface area contributed by atoms with E-state index in [-0.39, 0.29) is 0 Å². The molecule has 0 spiro atoms. The maximum atomic E-state index is 9.35. The molecule has 0 aliphatic carbocycles. The number of rotatable bonds is 13. The van der Waals surface area contributed by atoms with Gasteiger partial charge in [0, 0.05) is 6.61 Å². The Hall–Kier alpha value is -1.02. The van der Waals surface area contributed by atoms with Crippen LogP contribution in [0.2, 0.25) is 0 Å². The average molecular weight is 321 g/mol. The van der Waals surface area contributed by atoms with Crippen LogP contribution in [0.5, 0.6) is 5.75 Å². The molecule has 1 aromatic rings. The van der Waals surface area contributed by atoms with Crippen molar-refractivity contribution in [3.63, 3.8) is 0 Å². The Labute approximate surface area is 143 Å². The first kappa shape index (κ1) is 20.0. The van der Waals surface area contributed by atoms with Gasteiger partial charge in [-0.1, -0.05) is 58.6 Å². The van der Waals surface area contributed by atoms with Crippen molar-refractivity contribution in [1.29, 1.82) is 0 Å². The molecule has 1 unspecified atom stereocenters. The molecule has 2 nitrogen and oxygen atoms in total. The Morgan fingerprint density at radius 1 is 0.957 bits per heavy atom. The molecule has 1 N–H and O–H groups in total. The highest BCUT2D eigenvalue weighted by Crippen LogP contribution is 2.19. The standard InChI is InChI=1S/C21H36O2/c1-4-5-6-9-16-23-21-14-12-19(13-15-21)10-7-8-11-20(17-22)18(2)3/h12-15,18,20,22H,4-11,16-17H2,1-3H3. The van der Waals surface area contributed by atoms with Crippen LogP contribution in [0.1, 0.15) is 71.3 Å². The summed E-state index contributed by atoms with van der Waals surface area (Å²) in [7, 11) is 0. The summed E-state index contributed by atoms with van der Waals surface area (Å²) in [4.78, 5) is 0. The van der Waals surface area contributed by atoms with Gasteiger partial charge in [-0.25, -0.2) is 0 Å². The molecule has 0 fully saturated rings. The van der Waals surface area contributed by atoms with Crippen molar-refractivity contribution in [2.75, 3.05) is 13.2 Å². The molecule has 23 heavy (non-hydrogen) atoms. The zero-order valence-electron chi connectivity index (χ0n) is 15.4. The van der Waals surface area contributed by atoms with Gasteiger partial charge in [0.05, 0.1) is 6.61 Å². The van der Waals surface area contributed by atoms with Gasteiger partial charge in [-0.15, -0.1) is 0 Å². The number of hydrogen-bond acceptors (Lipinski definition) is 2. The number of aryl methyl sites for hydroxylation is 1. The summed E-state index contributed by atoms with van der Waals surface area (Å²) >= 11 is 0. The fourth-order valence-electron chi connectivity index (χ4n) is 2.84. The third kappa shape index (κ3) is 9.00. The fraction of sp³-hybridized carbons (Fsp3) is 0.714. The third-order valence-electron chi connectivity index (χ3n) is 4.66. The van der Waals surface area contributed by atoms with E-state index in [1.165, 1.54) is 37.7 Å². The number of unbranched alkanes of at least 4 members (excludes halogenated alkanes) is 4. The Balaban J connectivity index is 2.18. The quantitative estimate of drug-likeness (QED) is 0.478. The van der Waals surface area contributed by atoms with Crippen LogP contribution in [0.25, 0.3) is 0 Å². The van der Waals surface area contributed by atoms with Crippen LogP contribution in [0.3, 0.4) is 0 Å². The molecular weight excluding hydrogens is 284 g/mol. The van der Waals surface area contributed by atoms with E-state index in [4.69, 9.17) is 4.74 Å². The van der Waals surface area contributed by atoms with Crippen molar-refractivity contribution in [2.45, 2.75) is 72.1 Å². The number of aliphatic hydroxyl groups is 1. The molecule has 0 bridgehead atoms. The molecule has 0 amide bonds. The second kappa shape index (κ2) is 12.4. The van der Waals surface area contributed by atoms with Crippen molar-refractivity contribution >= 4 is 0 Å². The molecule has 0 aliphatic rings. The van der Waals surface area contributed by atoms with Gasteiger partial charge in [0.15, 0.2) is 0 Å². The predicted octanol–water partition coefficient (Wildman–Crippen LogP) is 5.62. The van der Waals surface area contributed by atoms with E-state index in [1.807, 2.05) is 0 Å². The summed E-state index contributed by atoms with van der Waals surface area (Å²) in [6.45, 7) is 7.77. The summed E-state index contributed by atoms with van der Waals surface area (Å²) in [5.74, 6) is 2.03. The van der Waals surface area contributed by atoms with Gasteiger partial charge in [0.2, 0.25) is 0 Å². The molecule has 0 saturated carbocycles. The van der Waals surface area contributed by atoms with Crippen molar-refractivity contribution in [3.8, 4) is 5.75 Å². The summed E-state index contributed by atoms with van der Waals surface area (Å²) in [6, 6.07) is 8.57. The Kier molecular flexibility index (Phi) is 10.8. The molecule has 1 atom stereocenters. The van der Waals surface area contributed by atoms with Gasteiger partial charge in [0.1, 0.15) is 5.75 Å². The maximum Gasteiger partial charge on any atom is 0.119 e. The molecular formula is C21H36O2.